The number of halogens is 2. The van der Waals surface area contributed by atoms with Gasteiger partial charge in [0.15, 0.2) is 0 Å². The van der Waals surface area contributed by atoms with E-state index in [1.54, 1.807) is 6.20 Å². The summed E-state index contributed by atoms with van der Waals surface area (Å²) in [4.78, 5) is 4.20. The van der Waals surface area contributed by atoms with Crippen molar-refractivity contribution in [1.82, 2.24) is 4.98 Å². The molecule has 0 amide bonds. The number of fused-ring (bicyclic) bond motifs is 1. The maximum atomic E-state index is 5.55. The van der Waals surface area contributed by atoms with E-state index >= 15 is 0 Å². The summed E-state index contributed by atoms with van der Waals surface area (Å²) in [7, 11) is 0. The Morgan fingerprint density at radius 3 is 2.50 bits per heavy atom. The minimum atomic E-state index is 0. The molecule has 0 aliphatic rings. The van der Waals surface area contributed by atoms with Gasteiger partial charge in [-0.25, -0.2) is 0 Å². The van der Waals surface area contributed by atoms with Gasteiger partial charge in [-0.05, 0) is 11.5 Å². The Kier molecular flexibility index (Phi) is 5.46. The molecule has 0 atom stereocenters. The van der Waals surface area contributed by atoms with Crippen LogP contribution in [0.2, 0.25) is 0 Å². The van der Waals surface area contributed by atoms with E-state index in [0.29, 0.717) is 6.54 Å². The van der Waals surface area contributed by atoms with E-state index in [1.807, 2.05) is 24.3 Å². The highest BCUT2D eigenvalue weighted by Gasteiger charge is 1.97. The van der Waals surface area contributed by atoms with Crippen LogP contribution in [0.5, 0.6) is 0 Å². The van der Waals surface area contributed by atoms with Crippen LogP contribution in [0.4, 0.5) is 0 Å². The Morgan fingerprint density at radius 2 is 1.79 bits per heavy atom. The van der Waals surface area contributed by atoms with Crippen LogP contribution in [-0.2, 0) is 6.54 Å². The van der Waals surface area contributed by atoms with Gasteiger partial charge in [-0.1, -0.05) is 24.3 Å². The number of rotatable bonds is 1. The van der Waals surface area contributed by atoms with Crippen molar-refractivity contribution < 1.29 is 0 Å². The predicted octanol–water partition coefficient (Wildman–Crippen LogP) is 2.54. The molecule has 0 aliphatic carbocycles. The van der Waals surface area contributed by atoms with Crippen LogP contribution in [0.3, 0.4) is 0 Å². The van der Waals surface area contributed by atoms with Crippen molar-refractivity contribution in [1.29, 1.82) is 0 Å². The Balaban J connectivity index is 0.000000845. The molecule has 1 heterocycles. The molecule has 0 saturated carbocycles. The molecule has 0 spiro atoms. The molecule has 1 aromatic heterocycles. The van der Waals surface area contributed by atoms with Gasteiger partial charge in [0.1, 0.15) is 0 Å². The zero-order valence-electron chi connectivity index (χ0n) is 7.51. The molecule has 14 heavy (non-hydrogen) atoms. The van der Waals surface area contributed by atoms with Crippen molar-refractivity contribution in [2.24, 2.45) is 5.73 Å². The number of nitrogens with zero attached hydrogens (tertiary/aromatic N) is 1. The average Bonchev–Trinajstić information content (AvgIpc) is 2.17. The van der Waals surface area contributed by atoms with E-state index in [0.717, 1.165) is 11.1 Å². The van der Waals surface area contributed by atoms with Gasteiger partial charge < -0.3 is 5.73 Å². The van der Waals surface area contributed by atoms with E-state index in [-0.39, 0.29) is 24.8 Å². The molecule has 2 N–H and O–H groups in total. The minimum Gasteiger partial charge on any atom is -0.325 e. The first-order chi connectivity index (χ1) is 5.92. The summed E-state index contributed by atoms with van der Waals surface area (Å²) in [6, 6.07) is 10.1. The van der Waals surface area contributed by atoms with Crippen molar-refractivity contribution >= 4 is 35.6 Å². The van der Waals surface area contributed by atoms with Gasteiger partial charge in [0.25, 0.3) is 0 Å². The van der Waals surface area contributed by atoms with E-state index in [9.17, 15) is 0 Å². The van der Waals surface area contributed by atoms with Crippen molar-refractivity contribution in [3.05, 3.63) is 42.2 Å². The number of pyridine rings is 1. The fourth-order valence-electron chi connectivity index (χ4n) is 1.34. The van der Waals surface area contributed by atoms with Gasteiger partial charge in [-0.15, -0.1) is 24.8 Å². The van der Waals surface area contributed by atoms with Crippen LogP contribution in [0, 0.1) is 0 Å². The van der Waals surface area contributed by atoms with Crippen LogP contribution in [0.15, 0.2) is 36.5 Å². The number of hydrogen-bond acceptors (Lipinski definition) is 2. The van der Waals surface area contributed by atoms with Crippen LogP contribution < -0.4 is 5.73 Å². The molecule has 0 saturated heterocycles. The van der Waals surface area contributed by atoms with Crippen LogP contribution >= 0.6 is 24.8 Å². The summed E-state index contributed by atoms with van der Waals surface area (Å²) in [5, 5.41) is 2.36. The standard InChI is InChI=1S/C10H10N2.2ClH/c11-7-10-9-4-2-1-3-8(9)5-6-12-10;;/h1-6H,7,11H2;2*1H. The fourth-order valence-corrected chi connectivity index (χ4v) is 1.34. The third-order valence-electron chi connectivity index (χ3n) is 1.95. The lowest BCUT2D eigenvalue weighted by molar-refractivity contribution is 1.01. The molecule has 0 bridgehead atoms. The molecule has 0 fully saturated rings. The molecule has 2 rings (SSSR count). The van der Waals surface area contributed by atoms with Gasteiger partial charge in [-0.2, -0.15) is 0 Å². The molecule has 0 radical (unpaired) electrons. The number of nitrogens with two attached hydrogens (primary N) is 1. The van der Waals surface area contributed by atoms with Gasteiger partial charge in [-0.3, -0.25) is 4.98 Å². The maximum Gasteiger partial charge on any atom is 0.0617 e. The highest BCUT2D eigenvalue weighted by atomic mass is 35.5. The van der Waals surface area contributed by atoms with E-state index in [1.165, 1.54) is 5.39 Å². The molecule has 4 heteroatoms. The summed E-state index contributed by atoms with van der Waals surface area (Å²) in [5.41, 5.74) is 6.52. The first-order valence-electron chi connectivity index (χ1n) is 3.94. The van der Waals surface area contributed by atoms with E-state index < -0.39 is 0 Å². The molecule has 76 valence electrons. The Labute approximate surface area is 95.3 Å². The average molecular weight is 231 g/mol. The SMILES string of the molecule is Cl.Cl.NCc1nccc2ccccc12. The number of benzene rings is 1. The Morgan fingerprint density at radius 1 is 1.07 bits per heavy atom. The first kappa shape index (κ1) is 13.2. The summed E-state index contributed by atoms with van der Waals surface area (Å²) < 4.78 is 0. The van der Waals surface area contributed by atoms with Crippen molar-refractivity contribution in [3.8, 4) is 0 Å². The highest BCUT2D eigenvalue weighted by Crippen LogP contribution is 2.15. The minimum absolute atomic E-state index is 0. The Hall–Kier alpha value is -0.830. The fraction of sp³-hybridized carbons (Fsp3) is 0.100. The summed E-state index contributed by atoms with van der Waals surface area (Å²) in [6.07, 6.45) is 1.80. The zero-order valence-corrected chi connectivity index (χ0v) is 9.15. The molecular weight excluding hydrogens is 219 g/mol. The second-order valence-electron chi connectivity index (χ2n) is 2.68. The van der Waals surface area contributed by atoms with Crippen molar-refractivity contribution in [2.75, 3.05) is 0 Å². The molecule has 2 aromatic rings. The van der Waals surface area contributed by atoms with Gasteiger partial charge in [0.2, 0.25) is 0 Å². The second-order valence-corrected chi connectivity index (χ2v) is 2.68. The second kappa shape index (κ2) is 5.81. The smallest absolute Gasteiger partial charge is 0.0617 e. The lowest BCUT2D eigenvalue weighted by Gasteiger charge is -2.01. The van der Waals surface area contributed by atoms with Crippen molar-refractivity contribution in [2.45, 2.75) is 6.54 Å². The highest BCUT2D eigenvalue weighted by molar-refractivity contribution is 5.85. The van der Waals surface area contributed by atoms with Gasteiger partial charge in [0, 0.05) is 18.1 Å². The van der Waals surface area contributed by atoms with E-state index in [2.05, 4.69) is 11.1 Å². The monoisotopic (exact) mass is 230 g/mol. The van der Waals surface area contributed by atoms with E-state index in [4.69, 9.17) is 5.73 Å². The molecule has 2 nitrogen and oxygen atoms in total. The summed E-state index contributed by atoms with van der Waals surface area (Å²) in [6.45, 7) is 0.501. The largest absolute Gasteiger partial charge is 0.325 e. The van der Waals surface area contributed by atoms with Crippen LogP contribution in [0.1, 0.15) is 5.69 Å². The lowest BCUT2D eigenvalue weighted by Crippen LogP contribution is -1.99. The maximum absolute atomic E-state index is 5.55. The quantitative estimate of drug-likeness (QED) is 0.819. The predicted molar refractivity (Wildman–Crippen MR) is 64.1 cm³/mol. The third-order valence-corrected chi connectivity index (χ3v) is 1.95. The molecule has 0 aliphatic heterocycles. The van der Waals surface area contributed by atoms with Crippen LogP contribution in [0.25, 0.3) is 10.8 Å². The third kappa shape index (κ3) is 2.35. The topological polar surface area (TPSA) is 38.9 Å². The summed E-state index contributed by atoms with van der Waals surface area (Å²) >= 11 is 0. The number of aromatic nitrogens is 1. The Bertz CT molecular complexity index is 399. The number of hydrogen-bond donors (Lipinski definition) is 1. The van der Waals surface area contributed by atoms with Gasteiger partial charge in [0.05, 0.1) is 5.69 Å². The molecule has 1 aromatic carbocycles. The lowest BCUT2D eigenvalue weighted by atomic mass is 10.1. The summed E-state index contributed by atoms with van der Waals surface area (Å²) in [5.74, 6) is 0. The van der Waals surface area contributed by atoms with Crippen LogP contribution in [-0.4, -0.2) is 4.98 Å². The zero-order chi connectivity index (χ0) is 8.39. The molecule has 0 unspecified atom stereocenters. The normalized spacial score (nSPS) is 8.93. The van der Waals surface area contributed by atoms with Crippen molar-refractivity contribution in [3.63, 3.8) is 0 Å². The molecular formula is C10H12Cl2N2. The first-order valence-corrected chi connectivity index (χ1v) is 3.94. The van der Waals surface area contributed by atoms with Gasteiger partial charge >= 0.3 is 0 Å².